The van der Waals surface area contributed by atoms with E-state index in [9.17, 15) is 9.59 Å². The van der Waals surface area contributed by atoms with Gasteiger partial charge in [-0.2, -0.15) is 0 Å². The number of nitrogens with two attached hydrogens (primary N) is 1. The van der Waals surface area contributed by atoms with Crippen molar-refractivity contribution in [1.29, 1.82) is 0 Å². The van der Waals surface area contributed by atoms with Gasteiger partial charge in [-0.15, -0.1) is 12.4 Å². The van der Waals surface area contributed by atoms with Crippen LogP contribution in [0.25, 0.3) is 0 Å². The number of hydrogen-bond donors (Lipinski definition) is 1. The number of likely N-dealkylation sites (tertiary alicyclic amines) is 1. The first-order valence-electron chi connectivity index (χ1n) is 7.99. The van der Waals surface area contributed by atoms with Crippen molar-refractivity contribution in [1.82, 2.24) is 4.90 Å². The number of piperidine rings is 1. The molecule has 0 atom stereocenters. The van der Waals surface area contributed by atoms with Gasteiger partial charge in [0.25, 0.3) is 5.91 Å². The van der Waals surface area contributed by atoms with Crippen molar-refractivity contribution in [2.75, 3.05) is 18.8 Å². The summed E-state index contributed by atoms with van der Waals surface area (Å²) < 4.78 is 0. The van der Waals surface area contributed by atoms with Crippen LogP contribution in [0.5, 0.6) is 0 Å². The molecular weight excluding hydrogens is 359 g/mol. The summed E-state index contributed by atoms with van der Waals surface area (Å²) in [5.74, 6) is 0.0541. The van der Waals surface area contributed by atoms with Gasteiger partial charge in [0.1, 0.15) is 0 Å². The molecule has 25 heavy (non-hydrogen) atoms. The predicted molar refractivity (Wildman–Crippen MR) is 103 cm³/mol. The van der Waals surface area contributed by atoms with Gasteiger partial charge < -0.3 is 10.6 Å². The van der Waals surface area contributed by atoms with E-state index in [1.807, 2.05) is 0 Å². The fourth-order valence-corrected chi connectivity index (χ4v) is 3.17. The van der Waals surface area contributed by atoms with Gasteiger partial charge in [-0.25, -0.2) is 0 Å². The predicted octanol–water partition coefficient (Wildman–Crippen LogP) is 4.08. The van der Waals surface area contributed by atoms with Crippen molar-refractivity contribution in [2.45, 2.75) is 12.8 Å². The van der Waals surface area contributed by atoms with Gasteiger partial charge in [0, 0.05) is 40.8 Å². The standard InChI is InChI=1S/C19H19ClN2O2.ClH/c20-16-6-4-13(5-7-16)18(23)14-8-10-22(11-9-14)19(24)15-2-1-3-17(21)12-15;/h1-7,12,14H,8-11,21H2;1H. The number of nitrogens with zero attached hydrogens (tertiary/aromatic N) is 1. The molecular formula is C19H20Cl2N2O2. The first-order chi connectivity index (χ1) is 11.5. The molecule has 1 saturated heterocycles. The number of Topliss-reactive ketones (excluding diaryl/α,β-unsaturated/α-hetero) is 1. The third-order valence-electron chi connectivity index (χ3n) is 4.42. The molecule has 3 rings (SSSR count). The molecule has 1 aliphatic heterocycles. The highest BCUT2D eigenvalue weighted by Crippen LogP contribution is 2.24. The van der Waals surface area contributed by atoms with E-state index in [4.69, 9.17) is 17.3 Å². The molecule has 1 fully saturated rings. The number of hydrogen-bond acceptors (Lipinski definition) is 3. The maximum absolute atomic E-state index is 12.5. The van der Waals surface area contributed by atoms with E-state index in [1.165, 1.54) is 0 Å². The number of nitrogen functional groups attached to an aromatic ring is 1. The molecule has 1 amide bonds. The summed E-state index contributed by atoms with van der Waals surface area (Å²) in [6.07, 6.45) is 1.35. The summed E-state index contributed by atoms with van der Waals surface area (Å²) in [4.78, 5) is 26.8. The normalized spacial score (nSPS) is 14.7. The molecule has 132 valence electrons. The molecule has 0 aromatic heterocycles. The fourth-order valence-electron chi connectivity index (χ4n) is 3.05. The minimum Gasteiger partial charge on any atom is -0.399 e. The lowest BCUT2D eigenvalue weighted by atomic mass is 9.88. The van der Waals surface area contributed by atoms with E-state index in [-0.39, 0.29) is 30.0 Å². The van der Waals surface area contributed by atoms with Gasteiger partial charge >= 0.3 is 0 Å². The van der Waals surface area contributed by atoms with Crippen LogP contribution in [-0.4, -0.2) is 29.7 Å². The van der Waals surface area contributed by atoms with Crippen LogP contribution in [-0.2, 0) is 0 Å². The van der Waals surface area contributed by atoms with Crippen LogP contribution in [0.15, 0.2) is 48.5 Å². The Labute approximate surface area is 158 Å². The Balaban J connectivity index is 0.00000225. The van der Waals surface area contributed by atoms with E-state index in [0.717, 1.165) is 0 Å². The number of carbonyl (C=O) groups is 2. The van der Waals surface area contributed by atoms with Crippen LogP contribution in [0.1, 0.15) is 33.6 Å². The molecule has 0 radical (unpaired) electrons. The summed E-state index contributed by atoms with van der Waals surface area (Å²) in [5.41, 5.74) is 7.59. The quantitative estimate of drug-likeness (QED) is 0.646. The highest BCUT2D eigenvalue weighted by atomic mass is 35.5. The van der Waals surface area contributed by atoms with E-state index in [1.54, 1.807) is 53.4 Å². The second-order valence-corrected chi connectivity index (χ2v) is 6.50. The third kappa shape index (κ3) is 4.53. The first kappa shape index (κ1) is 19.3. The van der Waals surface area contributed by atoms with Crippen LogP contribution < -0.4 is 5.73 Å². The lowest BCUT2D eigenvalue weighted by Crippen LogP contribution is -2.40. The number of halogens is 2. The Kier molecular flexibility index (Phi) is 6.45. The molecule has 1 aliphatic rings. The average Bonchev–Trinajstić information content (AvgIpc) is 2.61. The van der Waals surface area contributed by atoms with Gasteiger partial charge in [0.05, 0.1) is 0 Å². The summed E-state index contributed by atoms with van der Waals surface area (Å²) in [6, 6.07) is 14.0. The van der Waals surface area contributed by atoms with Crippen LogP contribution in [0, 0.1) is 5.92 Å². The van der Waals surface area contributed by atoms with E-state index in [2.05, 4.69) is 0 Å². The zero-order chi connectivity index (χ0) is 17.1. The van der Waals surface area contributed by atoms with Crippen LogP contribution in [0.3, 0.4) is 0 Å². The number of carbonyl (C=O) groups excluding carboxylic acids is 2. The zero-order valence-corrected chi connectivity index (χ0v) is 15.2. The summed E-state index contributed by atoms with van der Waals surface area (Å²) >= 11 is 5.86. The van der Waals surface area contributed by atoms with Gasteiger partial charge in [-0.05, 0) is 55.3 Å². The van der Waals surface area contributed by atoms with Crippen LogP contribution >= 0.6 is 24.0 Å². The second kappa shape index (κ2) is 8.37. The lowest BCUT2D eigenvalue weighted by Gasteiger charge is -2.31. The van der Waals surface area contributed by atoms with Gasteiger partial charge in [0.15, 0.2) is 5.78 Å². The average molecular weight is 379 g/mol. The highest BCUT2D eigenvalue weighted by molar-refractivity contribution is 6.30. The Morgan fingerprint density at radius 1 is 1.00 bits per heavy atom. The zero-order valence-electron chi connectivity index (χ0n) is 13.7. The lowest BCUT2D eigenvalue weighted by molar-refractivity contribution is 0.0650. The molecule has 0 unspecified atom stereocenters. The van der Waals surface area contributed by atoms with Gasteiger partial charge in [0.2, 0.25) is 0 Å². The molecule has 0 aliphatic carbocycles. The topological polar surface area (TPSA) is 63.4 Å². The number of amides is 1. The SMILES string of the molecule is Cl.Nc1cccc(C(=O)N2CCC(C(=O)c3ccc(Cl)cc3)CC2)c1. The van der Waals surface area contributed by atoms with Gasteiger partial charge in [-0.3, -0.25) is 9.59 Å². The summed E-state index contributed by atoms with van der Waals surface area (Å²) in [5, 5.41) is 0.620. The van der Waals surface area contributed by atoms with E-state index >= 15 is 0 Å². The Bertz CT molecular complexity index is 754. The monoisotopic (exact) mass is 378 g/mol. The number of rotatable bonds is 3. The van der Waals surface area contributed by atoms with Crippen molar-refractivity contribution in [3.05, 3.63) is 64.7 Å². The third-order valence-corrected chi connectivity index (χ3v) is 4.67. The molecule has 4 nitrogen and oxygen atoms in total. The van der Waals surface area contributed by atoms with Crippen molar-refractivity contribution in [2.24, 2.45) is 5.92 Å². The largest absolute Gasteiger partial charge is 0.399 e. The molecule has 2 aromatic carbocycles. The number of benzene rings is 2. The maximum atomic E-state index is 12.5. The molecule has 1 heterocycles. The smallest absolute Gasteiger partial charge is 0.253 e. The Morgan fingerprint density at radius 2 is 1.64 bits per heavy atom. The minimum absolute atomic E-state index is 0. The molecule has 0 bridgehead atoms. The van der Waals surface area contributed by atoms with Gasteiger partial charge in [-0.1, -0.05) is 17.7 Å². The molecule has 2 aromatic rings. The van der Waals surface area contributed by atoms with E-state index < -0.39 is 0 Å². The van der Waals surface area contributed by atoms with Crippen LogP contribution in [0.2, 0.25) is 5.02 Å². The fraction of sp³-hybridized carbons (Fsp3) is 0.263. The first-order valence-corrected chi connectivity index (χ1v) is 8.37. The second-order valence-electron chi connectivity index (χ2n) is 6.06. The highest BCUT2D eigenvalue weighted by Gasteiger charge is 2.28. The molecule has 2 N–H and O–H groups in total. The number of ketones is 1. The maximum Gasteiger partial charge on any atom is 0.253 e. The summed E-state index contributed by atoms with van der Waals surface area (Å²) in [6.45, 7) is 1.16. The van der Waals surface area contributed by atoms with Crippen LogP contribution in [0.4, 0.5) is 5.69 Å². The Hall–Kier alpha value is -2.04. The van der Waals surface area contributed by atoms with Crippen molar-refractivity contribution in [3.63, 3.8) is 0 Å². The van der Waals surface area contributed by atoms with Crippen molar-refractivity contribution in [3.8, 4) is 0 Å². The van der Waals surface area contributed by atoms with Crippen molar-refractivity contribution >= 4 is 41.4 Å². The molecule has 0 saturated carbocycles. The number of anilines is 1. The molecule has 6 heteroatoms. The minimum atomic E-state index is -0.0453. The Morgan fingerprint density at radius 3 is 2.24 bits per heavy atom. The molecule has 0 spiro atoms. The summed E-state index contributed by atoms with van der Waals surface area (Å²) in [7, 11) is 0. The van der Waals surface area contributed by atoms with Crippen molar-refractivity contribution < 1.29 is 9.59 Å². The van der Waals surface area contributed by atoms with E-state index in [0.29, 0.717) is 47.8 Å².